The van der Waals surface area contributed by atoms with E-state index in [2.05, 4.69) is 43.0 Å². The number of rotatable bonds is 4. The van der Waals surface area contributed by atoms with Gasteiger partial charge in [0.1, 0.15) is 6.04 Å². The Morgan fingerprint density at radius 1 is 1.30 bits per heavy atom. The summed E-state index contributed by atoms with van der Waals surface area (Å²) in [7, 11) is 0. The second kappa shape index (κ2) is 6.37. The average Bonchev–Trinajstić information content (AvgIpc) is 2.42. The lowest BCUT2D eigenvalue weighted by atomic mass is 9.82. The molecule has 0 bridgehead atoms. The van der Waals surface area contributed by atoms with Gasteiger partial charge in [0.2, 0.25) is 0 Å². The SMILES string of the molecule is C[C@@H]1CC(C(N)C(=O)O)C[C@H](C)N1Cc1ccccc1. The van der Waals surface area contributed by atoms with Crippen LogP contribution in [0.1, 0.15) is 32.3 Å². The molecule has 3 N–H and O–H groups in total. The summed E-state index contributed by atoms with van der Waals surface area (Å²) < 4.78 is 0. The number of nitrogens with zero attached hydrogens (tertiary/aromatic N) is 1. The van der Waals surface area contributed by atoms with Gasteiger partial charge in [0.05, 0.1) is 0 Å². The summed E-state index contributed by atoms with van der Waals surface area (Å²) in [6.07, 6.45) is 1.70. The number of carboxylic acids is 1. The number of aliphatic carboxylic acids is 1. The van der Waals surface area contributed by atoms with Crippen LogP contribution in [0, 0.1) is 5.92 Å². The number of benzene rings is 1. The maximum Gasteiger partial charge on any atom is 0.320 e. The van der Waals surface area contributed by atoms with Gasteiger partial charge in [0.25, 0.3) is 0 Å². The number of nitrogens with two attached hydrogens (primary N) is 1. The quantitative estimate of drug-likeness (QED) is 0.883. The van der Waals surface area contributed by atoms with E-state index in [0.29, 0.717) is 12.1 Å². The Balaban J connectivity index is 2.02. The monoisotopic (exact) mass is 276 g/mol. The van der Waals surface area contributed by atoms with Crippen molar-refractivity contribution >= 4 is 5.97 Å². The van der Waals surface area contributed by atoms with E-state index in [9.17, 15) is 4.79 Å². The van der Waals surface area contributed by atoms with Gasteiger partial charge in [-0.1, -0.05) is 30.3 Å². The van der Waals surface area contributed by atoms with Crippen molar-refractivity contribution in [3.63, 3.8) is 0 Å². The second-order valence-corrected chi connectivity index (χ2v) is 5.95. The summed E-state index contributed by atoms with van der Waals surface area (Å²) in [6.45, 7) is 5.25. The lowest BCUT2D eigenvalue weighted by Gasteiger charge is -2.43. The Morgan fingerprint density at radius 3 is 2.35 bits per heavy atom. The van der Waals surface area contributed by atoms with Gasteiger partial charge in [-0.2, -0.15) is 0 Å². The molecule has 1 aromatic rings. The van der Waals surface area contributed by atoms with Gasteiger partial charge in [0, 0.05) is 18.6 Å². The Morgan fingerprint density at radius 2 is 1.85 bits per heavy atom. The molecule has 0 saturated carbocycles. The fourth-order valence-electron chi connectivity index (χ4n) is 3.28. The first-order valence-electron chi connectivity index (χ1n) is 7.27. The zero-order valence-corrected chi connectivity index (χ0v) is 12.2. The number of carboxylic acid groups (broad SMARTS) is 1. The molecule has 1 aliphatic rings. The van der Waals surface area contributed by atoms with E-state index in [-0.39, 0.29) is 5.92 Å². The molecular weight excluding hydrogens is 252 g/mol. The van der Waals surface area contributed by atoms with Crippen molar-refractivity contribution in [2.75, 3.05) is 0 Å². The molecule has 1 saturated heterocycles. The molecule has 1 aliphatic heterocycles. The summed E-state index contributed by atoms with van der Waals surface area (Å²) in [5.74, 6) is -0.810. The molecule has 1 fully saturated rings. The van der Waals surface area contributed by atoms with Gasteiger partial charge in [-0.15, -0.1) is 0 Å². The van der Waals surface area contributed by atoms with Crippen molar-refractivity contribution in [3.05, 3.63) is 35.9 Å². The maximum atomic E-state index is 11.0. The molecule has 20 heavy (non-hydrogen) atoms. The predicted molar refractivity (Wildman–Crippen MR) is 79.2 cm³/mol. The number of likely N-dealkylation sites (tertiary alicyclic amines) is 1. The van der Waals surface area contributed by atoms with E-state index in [0.717, 1.165) is 19.4 Å². The maximum absolute atomic E-state index is 11.0. The van der Waals surface area contributed by atoms with Gasteiger partial charge < -0.3 is 10.8 Å². The normalized spacial score (nSPS) is 29.1. The highest BCUT2D eigenvalue weighted by Gasteiger charge is 2.35. The molecular formula is C16H24N2O2. The molecule has 0 aromatic heterocycles. The number of carbonyl (C=O) groups is 1. The van der Waals surface area contributed by atoms with E-state index in [1.807, 2.05) is 6.07 Å². The topological polar surface area (TPSA) is 66.6 Å². The Hall–Kier alpha value is -1.39. The van der Waals surface area contributed by atoms with E-state index in [1.165, 1.54) is 5.56 Å². The molecule has 0 radical (unpaired) electrons. The molecule has 110 valence electrons. The highest BCUT2D eigenvalue weighted by Crippen LogP contribution is 2.30. The highest BCUT2D eigenvalue weighted by atomic mass is 16.4. The molecule has 0 aliphatic carbocycles. The largest absolute Gasteiger partial charge is 0.480 e. The van der Waals surface area contributed by atoms with Crippen LogP contribution in [0.4, 0.5) is 0 Å². The first-order chi connectivity index (χ1) is 9.49. The molecule has 2 rings (SSSR count). The van der Waals surface area contributed by atoms with Crippen LogP contribution >= 0.6 is 0 Å². The summed E-state index contributed by atoms with van der Waals surface area (Å²) in [6, 6.07) is 10.4. The molecule has 2 unspecified atom stereocenters. The van der Waals surface area contributed by atoms with Crippen molar-refractivity contribution in [2.24, 2.45) is 11.7 Å². The second-order valence-electron chi connectivity index (χ2n) is 5.95. The number of hydrogen-bond acceptors (Lipinski definition) is 3. The third-order valence-electron chi connectivity index (χ3n) is 4.42. The Labute approximate surface area is 120 Å². The van der Waals surface area contributed by atoms with Crippen molar-refractivity contribution in [3.8, 4) is 0 Å². The molecule has 1 aromatic carbocycles. The van der Waals surface area contributed by atoms with Crippen LogP contribution in [0.15, 0.2) is 30.3 Å². The van der Waals surface area contributed by atoms with Crippen LogP contribution in [0.5, 0.6) is 0 Å². The minimum Gasteiger partial charge on any atom is -0.480 e. The van der Waals surface area contributed by atoms with Crippen LogP contribution in [0.2, 0.25) is 0 Å². The van der Waals surface area contributed by atoms with Crippen LogP contribution in [0.3, 0.4) is 0 Å². The predicted octanol–water partition coefficient (Wildman–Crippen LogP) is 2.09. The van der Waals surface area contributed by atoms with Crippen LogP contribution in [-0.2, 0) is 11.3 Å². The summed E-state index contributed by atoms with van der Waals surface area (Å²) in [5.41, 5.74) is 7.09. The minimum absolute atomic E-state index is 0.0736. The summed E-state index contributed by atoms with van der Waals surface area (Å²) in [5, 5.41) is 9.07. The Kier molecular flexibility index (Phi) is 4.78. The van der Waals surface area contributed by atoms with E-state index < -0.39 is 12.0 Å². The zero-order chi connectivity index (χ0) is 14.7. The number of piperidine rings is 1. The molecule has 4 atom stereocenters. The van der Waals surface area contributed by atoms with Gasteiger partial charge >= 0.3 is 5.97 Å². The smallest absolute Gasteiger partial charge is 0.320 e. The minimum atomic E-state index is -0.883. The molecule has 4 nitrogen and oxygen atoms in total. The number of hydrogen-bond donors (Lipinski definition) is 2. The van der Waals surface area contributed by atoms with E-state index in [4.69, 9.17) is 10.8 Å². The van der Waals surface area contributed by atoms with Crippen LogP contribution in [-0.4, -0.2) is 34.1 Å². The summed E-state index contributed by atoms with van der Waals surface area (Å²) in [4.78, 5) is 13.5. The van der Waals surface area contributed by atoms with Crippen molar-refractivity contribution < 1.29 is 9.90 Å². The third kappa shape index (κ3) is 3.38. The summed E-state index contributed by atoms with van der Waals surface area (Å²) >= 11 is 0. The lowest BCUT2D eigenvalue weighted by molar-refractivity contribution is -0.140. The van der Waals surface area contributed by atoms with Crippen molar-refractivity contribution in [1.82, 2.24) is 4.90 Å². The van der Waals surface area contributed by atoms with E-state index >= 15 is 0 Å². The molecule has 1 heterocycles. The average molecular weight is 276 g/mol. The molecule has 0 spiro atoms. The van der Waals surface area contributed by atoms with Gasteiger partial charge in [-0.3, -0.25) is 9.69 Å². The van der Waals surface area contributed by atoms with Gasteiger partial charge in [-0.25, -0.2) is 0 Å². The lowest BCUT2D eigenvalue weighted by Crippen LogP contribution is -2.51. The van der Waals surface area contributed by atoms with Gasteiger partial charge in [0.15, 0.2) is 0 Å². The van der Waals surface area contributed by atoms with E-state index in [1.54, 1.807) is 0 Å². The fraction of sp³-hybridized carbons (Fsp3) is 0.562. The molecule has 4 heteroatoms. The van der Waals surface area contributed by atoms with Crippen LogP contribution in [0.25, 0.3) is 0 Å². The zero-order valence-electron chi connectivity index (χ0n) is 12.2. The Bertz CT molecular complexity index is 437. The first-order valence-corrected chi connectivity index (χ1v) is 7.27. The van der Waals surface area contributed by atoms with Crippen LogP contribution < -0.4 is 5.73 Å². The van der Waals surface area contributed by atoms with Crippen molar-refractivity contribution in [2.45, 2.75) is 51.4 Å². The molecule has 0 amide bonds. The highest BCUT2D eigenvalue weighted by molar-refractivity contribution is 5.73. The third-order valence-corrected chi connectivity index (χ3v) is 4.42. The first kappa shape index (κ1) is 15.0. The standard InChI is InChI=1S/C16H24N2O2/c1-11-8-14(15(17)16(19)20)9-12(2)18(11)10-13-6-4-3-5-7-13/h3-7,11-12,14-15H,8-10,17H2,1-2H3,(H,19,20)/t11-,12+,14?,15?. The van der Waals surface area contributed by atoms with Crippen molar-refractivity contribution in [1.29, 1.82) is 0 Å². The van der Waals surface area contributed by atoms with Gasteiger partial charge in [-0.05, 0) is 38.2 Å². The fourth-order valence-corrected chi connectivity index (χ4v) is 3.28.